The summed E-state index contributed by atoms with van der Waals surface area (Å²) in [5.74, 6) is -0.461. The molecule has 2 nitrogen and oxygen atoms in total. The lowest BCUT2D eigenvalue weighted by molar-refractivity contribution is 0.225. The second kappa shape index (κ2) is 6.24. The van der Waals surface area contributed by atoms with Gasteiger partial charge in [-0.15, -0.1) is 4.59 Å². The van der Waals surface area contributed by atoms with Crippen molar-refractivity contribution >= 4 is 34.6 Å². The molecule has 1 heterocycles. The van der Waals surface area contributed by atoms with E-state index >= 15 is 0 Å². The molecule has 0 fully saturated rings. The van der Waals surface area contributed by atoms with Gasteiger partial charge in [-0.25, -0.2) is 13.2 Å². The average molecular weight is 371 g/mol. The van der Waals surface area contributed by atoms with Crippen molar-refractivity contribution in [1.82, 2.24) is 4.59 Å². The van der Waals surface area contributed by atoms with E-state index in [9.17, 15) is 13.2 Å². The quantitative estimate of drug-likeness (QED) is 0.615. The van der Waals surface area contributed by atoms with Gasteiger partial charge in [0, 0.05) is 11.6 Å². The number of hydrogen-bond donors (Lipinski definition) is 0. The molecule has 1 unspecified atom stereocenters. The third-order valence-electron chi connectivity index (χ3n) is 3.66. The Kier molecular flexibility index (Phi) is 4.42. The van der Waals surface area contributed by atoms with Crippen molar-refractivity contribution in [2.75, 3.05) is 7.05 Å². The first kappa shape index (κ1) is 17.0. The Balaban J connectivity index is 2.17. The van der Waals surface area contributed by atoms with Crippen LogP contribution in [-0.2, 0) is 0 Å². The van der Waals surface area contributed by atoms with Crippen molar-refractivity contribution in [3.05, 3.63) is 64.5 Å². The van der Waals surface area contributed by atoms with Crippen LogP contribution in [0.15, 0.2) is 47.7 Å². The smallest absolute Gasteiger partial charge is 0.207 e. The molecule has 0 bridgehead atoms. The van der Waals surface area contributed by atoms with Crippen molar-refractivity contribution in [2.24, 2.45) is 5.10 Å². The molecule has 1 aliphatic heterocycles. The van der Waals surface area contributed by atoms with Gasteiger partial charge in [-0.3, -0.25) is 0 Å². The lowest BCUT2D eigenvalue weighted by atomic mass is 10.0. The summed E-state index contributed by atoms with van der Waals surface area (Å²) in [6, 6.07) is 8.93. The molecule has 0 spiro atoms. The largest absolute Gasteiger partial charge is 0.286 e. The third-order valence-corrected chi connectivity index (χ3v) is 4.40. The molecule has 2 aromatic carbocycles. The standard InChI is InChI=1S/C17H11Cl2F3N2/c1-24(7-6-15(23-24)17(21)22)16-5-3-11(20)9-12(16)10-2-4-13(18)14(19)8-10/h2-5,7-9,17H,1H3/q+1. The van der Waals surface area contributed by atoms with Gasteiger partial charge >= 0.3 is 0 Å². The normalized spacial score (nSPS) is 19.9. The van der Waals surface area contributed by atoms with Gasteiger partial charge in [0.2, 0.25) is 0 Å². The van der Waals surface area contributed by atoms with Crippen LogP contribution in [0.25, 0.3) is 11.1 Å². The van der Waals surface area contributed by atoms with Crippen LogP contribution >= 0.6 is 23.2 Å². The van der Waals surface area contributed by atoms with E-state index in [1.165, 1.54) is 24.4 Å². The van der Waals surface area contributed by atoms with E-state index in [1.54, 1.807) is 25.2 Å². The fourth-order valence-electron chi connectivity index (χ4n) is 2.50. The highest BCUT2D eigenvalue weighted by molar-refractivity contribution is 6.42. The molecule has 1 aliphatic rings. The van der Waals surface area contributed by atoms with Crippen molar-refractivity contribution in [2.45, 2.75) is 6.43 Å². The number of allylic oxidation sites excluding steroid dienone is 1. The Hall–Kier alpha value is -1.82. The highest BCUT2D eigenvalue weighted by Crippen LogP contribution is 2.39. The molecule has 7 heteroatoms. The molecular weight excluding hydrogens is 360 g/mol. The summed E-state index contributed by atoms with van der Waals surface area (Å²) in [5.41, 5.74) is 1.15. The van der Waals surface area contributed by atoms with Gasteiger partial charge in [0.05, 0.1) is 16.1 Å². The molecule has 123 valence electrons. The molecular formula is C17H11Cl2F3N2+. The maximum Gasteiger partial charge on any atom is 0.286 e. The number of rotatable bonds is 3. The highest BCUT2D eigenvalue weighted by atomic mass is 35.5. The van der Waals surface area contributed by atoms with Gasteiger partial charge in [-0.05, 0) is 29.8 Å². The van der Waals surface area contributed by atoms with Crippen LogP contribution in [-0.4, -0.2) is 19.2 Å². The number of benzene rings is 2. The summed E-state index contributed by atoms with van der Waals surface area (Å²) < 4.78 is 39.2. The minimum Gasteiger partial charge on any atom is -0.207 e. The first-order valence-electron chi connectivity index (χ1n) is 6.91. The molecule has 0 aliphatic carbocycles. The van der Waals surface area contributed by atoms with Crippen LogP contribution < -0.4 is 4.59 Å². The van der Waals surface area contributed by atoms with Gasteiger partial charge in [0.1, 0.15) is 19.1 Å². The lowest BCUT2D eigenvalue weighted by Gasteiger charge is -2.23. The Morgan fingerprint density at radius 3 is 2.46 bits per heavy atom. The van der Waals surface area contributed by atoms with E-state index in [-0.39, 0.29) is 4.59 Å². The van der Waals surface area contributed by atoms with Crippen molar-refractivity contribution in [3.63, 3.8) is 0 Å². The van der Waals surface area contributed by atoms with Crippen LogP contribution in [0.4, 0.5) is 18.9 Å². The van der Waals surface area contributed by atoms with E-state index < -0.39 is 18.0 Å². The second-order valence-electron chi connectivity index (χ2n) is 5.38. The number of alkyl halides is 2. The van der Waals surface area contributed by atoms with Crippen LogP contribution in [0.3, 0.4) is 0 Å². The summed E-state index contributed by atoms with van der Waals surface area (Å²) in [5, 5.41) is 4.68. The molecule has 0 saturated heterocycles. The Morgan fingerprint density at radius 2 is 1.83 bits per heavy atom. The van der Waals surface area contributed by atoms with Gasteiger partial charge in [-0.1, -0.05) is 34.4 Å². The zero-order valence-corrected chi connectivity index (χ0v) is 13.9. The summed E-state index contributed by atoms with van der Waals surface area (Å²) in [6.45, 7) is 0. The molecule has 1 radical (unpaired) electrons. The fourth-order valence-corrected chi connectivity index (χ4v) is 2.80. The molecule has 1 atom stereocenters. The minimum atomic E-state index is -2.73. The molecule has 24 heavy (non-hydrogen) atoms. The molecule has 0 amide bonds. The monoisotopic (exact) mass is 370 g/mol. The van der Waals surface area contributed by atoms with Gasteiger partial charge in [0.25, 0.3) is 6.43 Å². The first-order valence-corrected chi connectivity index (χ1v) is 7.67. The summed E-state index contributed by atoms with van der Waals surface area (Å²) in [6.07, 6.45) is 1.14. The zero-order chi connectivity index (χ0) is 17.5. The van der Waals surface area contributed by atoms with Crippen molar-refractivity contribution in [3.8, 4) is 11.1 Å². The molecule has 0 N–H and O–H groups in total. The SMILES string of the molecule is C[N+]1(c2ccc(F)cc2-c2ccc(Cl)c(Cl)c2)C=[C]C(C(F)F)=N1. The molecule has 3 rings (SSSR count). The van der Waals surface area contributed by atoms with E-state index in [4.69, 9.17) is 23.2 Å². The topological polar surface area (TPSA) is 12.4 Å². The predicted octanol–water partition coefficient (Wildman–Crippen LogP) is 5.69. The van der Waals surface area contributed by atoms with Gasteiger partial charge in [0.15, 0.2) is 11.4 Å². The van der Waals surface area contributed by atoms with Crippen LogP contribution in [0.1, 0.15) is 0 Å². The van der Waals surface area contributed by atoms with Crippen LogP contribution in [0.2, 0.25) is 10.0 Å². The zero-order valence-electron chi connectivity index (χ0n) is 12.4. The van der Waals surface area contributed by atoms with Crippen LogP contribution in [0.5, 0.6) is 0 Å². The maximum absolute atomic E-state index is 13.8. The lowest BCUT2D eigenvalue weighted by Crippen LogP contribution is -2.31. The summed E-state index contributed by atoms with van der Waals surface area (Å²) >= 11 is 12.0. The number of hydrogen-bond acceptors (Lipinski definition) is 1. The van der Waals surface area contributed by atoms with E-state index in [0.29, 0.717) is 26.9 Å². The molecule has 0 saturated carbocycles. The van der Waals surface area contributed by atoms with E-state index in [2.05, 4.69) is 11.2 Å². The highest BCUT2D eigenvalue weighted by Gasteiger charge is 2.34. The van der Waals surface area contributed by atoms with Crippen molar-refractivity contribution in [1.29, 1.82) is 0 Å². The Labute approximate surface area is 147 Å². The Morgan fingerprint density at radius 1 is 1.08 bits per heavy atom. The third kappa shape index (κ3) is 3.07. The summed E-state index contributed by atoms with van der Waals surface area (Å²) in [7, 11) is 1.61. The van der Waals surface area contributed by atoms with Crippen molar-refractivity contribution < 1.29 is 13.2 Å². The number of quaternary nitrogens is 1. The summed E-state index contributed by atoms with van der Waals surface area (Å²) in [4.78, 5) is 0. The molecule has 2 aromatic rings. The van der Waals surface area contributed by atoms with Gasteiger partial charge in [-0.2, -0.15) is 0 Å². The predicted molar refractivity (Wildman–Crippen MR) is 90.8 cm³/mol. The number of nitrogens with zero attached hydrogens (tertiary/aromatic N) is 2. The second-order valence-corrected chi connectivity index (χ2v) is 6.19. The van der Waals surface area contributed by atoms with E-state index in [0.717, 1.165) is 0 Å². The number of halogens is 5. The maximum atomic E-state index is 13.8. The fraction of sp³-hybridized carbons (Fsp3) is 0.118. The van der Waals surface area contributed by atoms with Crippen LogP contribution in [0, 0.1) is 11.9 Å². The van der Waals surface area contributed by atoms with Gasteiger partial charge < -0.3 is 0 Å². The average Bonchev–Trinajstić information content (AvgIpc) is 2.93. The first-order chi connectivity index (χ1) is 11.3. The van der Waals surface area contributed by atoms with E-state index in [1.807, 2.05) is 0 Å². The Bertz CT molecular complexity index is 865. The minimum absolute atomic E-state index is 0.296. The molecule has 0 aromatic heterocycles.